The molecule has 0 bridgehead atoms. The summed E-state index contributed by atoms with van der Waals surface area (Å²) in [6, 6.07) is 8.55. The maximum atomic E-state index is 13.1. The first-order valence-electron chi connectivity index (χ1n) is 9.23. The van der Waals surface area contributed by atoms with Crippen molar-refractivity contribution in [1.29, 1.82) is 0 Å². The van der Waals surface area contributed by atoms with E-state index in [2.05, 4.69) is 5.32 Å². The molecule has 1 atom stereocenters. The van der Waals surface area contributed by atoms with E-state index < -0.39 is 32.9 Å². The summed E-state index contributed by atoms with van der Waals surface area (Å²) in [7, 11) is -2.73. The van der Waals surface area contributed by atoms with Gasteiger partial charge in [0, 0.05) is 17.8 Å². The van der Waals surface area contributed by atoms with Gasteiger partial charge >= 0.3 is 5.97 Å². The van der Waals surface area contributed by atoms with Crippen LogP contribution in [0.25, 0.3) is 0 Å². The summed E-state index contributed by atoms with van der Waals surface area (Å²) in [6.07, 6.45) is 1.02. The molecule has 0 aromatic heterocycles. The molecule has 0 radical (unpaired) electrons. The highest BCUT2D eigenvalue weighted by molar-refractivity contribution is 7.92. The number of carbonyl (C=O) groups is 2. The van der Waals surface area contributed by atoms with Gasteiger partial charge < -0.3 is 10.1 Å². The standard InChI is InChI=1S/C20H23N3O7S/c1-5-18(19(24)21-17-11-7-10-16(13(17)2)20(25)30-3)22(31(4,28)29)14-8-6-9-15(12-14)23(26)27/h6-12,18H,5H2,1-4H3,(H,21,24)/t18-/m0/s1. The lowest BCUT2D eigenvalue weighted by atomic mass is 10.1. The van der Waals surface area contributed by atoms with Crippen molar-refractivity contribution in [2.24, 2.45) is 0 Å². The number of ether oxygens (including phenoxy) is 1. The second kappa shape index (κ2) is 9.56. The second-order valence-corrected chi connectivity index (χ2v) is 8.58. The lowest BCUT2D eigenvalue weighted by Gasteiger charge is -2.30. The Kier molecular flexibility index (Phi) is 7.34. The topological polar surface area (TPSA) is 136 Å². The van der Waals surface area contributed by atoms with E-state index in [1.165, 1.54) is 25.3 Å². The van der Waals surface area contributed by atoms with Crippen molar-refractivity contribution in [2.75, 3.05) is 23.0 Å². The number of anilines is 2. The first kappa shape index (κ1) is 23.8. The van der Waals surface area contributed by atoms with Gasteiger partial charge in [0.25, 0.3) is 5.69 Å². The third kappa shape index (κ3) is 5.37. The van der Waals surface area contributed by atoms with E-state index in [9.17, 15) is 28.1 Å². The Balaban J connectivity index is 2.46. The summed E-state index contributed by atoms with van der Waals surface area (Å²) in [6.45, 7) is 3.25. The Labute approximate surface area is 180 Å². The Morgan fingerprint density at radius 2 is 1.87 bits per heavy atom. The van der Waals surface area contributed by atoms with E-state index >= 15 is 0 Å². The minimum absolute atomic E-state index is 0.00117. The van der Waals surface area contributed by atoms with Crippen LogP contribution in [0.2, 0.25) is 0 Å². The number of hydrogen-bond acceptors (Lipinski definition) is 7. The molecular weight excluding hydrogens is 426 g/mol. The van der Waals surface area contributed by atoms with Gasteiger partial charge in [0.15, 0.2) is 0 Å². The smallest absolute Gasteiger partial charge is 0.338 e. The Morgan fingerprint density at radius 3 is 2.42 bits per heavy atom. The SMILES string of the molecule is CC[C@@H](C(=O)Nc1cccc(C(=O)OC)c1C)N(c1cccc([N+](=O)[O-])c1)S(C)(=O)=O. The fourth-order valence-corrected chi connectivity index (χ4v) is 4.33. The van der Waals surface area contributed by atoms with Gasteiger partial charge in [-0.1, -0.05) is 19.1 Å². The third-order valence-electron chi connectivity index (χ3n) is 4.62. The zero-order valence-electron chi connectivity index (χ0n) is 17.5. The predicted octanol–water partition coefficient (Wildman–Crippen LogP) is 2.87. The van der Waals surface area contributed by atoms with Crippen LogP contribution < -0.4 is 9.62 Å². The molecule has 166 valence electrons. The number of non-ortho nitro benzene ring substituents is 1. The molecule has 0 saturated heterocycles. The molecule has 1 N–H and O–H groups in total. The molecule has 0 aliphatic carbocycles. The number of esters is 1. The van der Waals surface area contributed by atoms with Gasteiger partial charge in [-0.15, -0.1) is 0 Å². The Bertz CT molecular complexity index is 1120. The molecule has 0 aliphatic heterocycles. The van der Waals surface area contributed by atoms with Crippen LogP contribution in [0, 0.1) is 17.0 Å². The van der Waals surface area contributed by atoms with E-state index in [1.807, 2.05) is 0 Å². The fraction of sp³-hybridized carbons (Fsp3) is 0.300. The van der Waals surface area contributed by atoms with Crippen molar-refractivity contribution in [3.8, 4) is 0 Å². The molecule has 1 amide bonds. The van der Waals surface area contributed by atoms with Crippen LogP contribution >= 0.6 is 0 Å². The van der Waals surface area contributed by atoms with Gasteiger partial charge in [0.05, 0.1) is 29.5 Å². The zero-order valence-corrected chi connectivity index (χ0v) is 18.3. The summed E-state index contributed by atoms with van der Waals surface area (Å²) in [5.41, 5.74) is 0.728. The maximum Gasteiger partial charge on any atom is 0.338 e. The first-order chi connectivity index (χ1) is 14.5. The van der Waals surface area contributed by atoms with E-state index in [4.69, 9.17) is 4.74 Å². The number of nitro groups is 1. The summed E-state index contributed by atoms with van der Waals surface area (Å²) in [5, 5.41) is 13.8. The number of methoxy groups -OCH3 is 1. The van der Waals surface area contributed by atoms with Crippen molar-refractivity contribution < 1.29 is 27.7 Å². The zero-order chi connectivity index (χ0) is 23.3. The van der Waals surface area contributed by atoms with E-state index in [0.29, 0.717) is 11.3 Å². The molecule has 2 rings (SSSR count). The summed E-state index contributed by atoms with van der Waals surface area (Å²) < 4.78 is 30.6. The van der Waals surface area contributed by atoms with Crippen LogP contribution in [0.5, 0.6) is 0 Å². The minimum atomic E-state index is -3.97. The summed E-state index contributed by atoms with van der Waals surface area (Å²) >= 11 is 0. The van der Waals surface area contributed by atoms with Crippen LogP contribution in [0.4, 0.5) is 17.1 Å². The molecule has 0 heterocycles. The number of nitrogens with one attached hydrogen (secondary N) is 1. The van der Waals surface area contributed by atoms with Gasteiger partial charge in [0.2, 0.25) is 15.9 Å². The Hall–Kier alpha value is -3.47. The summed E-state index contributed by atoms with van der Waals surface area (Å²) in [5.74, 6) is -1.22. The van der Waals surface area contributed by atoms with Crippen LogP contribution in [-0.2, 0) is 19.6 Å². The second-order valence-electron chi connectivity index (χ2n) is 6.72. The van der Waals surface area contributed by atoms with Crippen LogP contribution in [0.15, 0.2) is 42.5 Å². The number of sulfonamides is 1. The molecular formula is C20H23N3O7S. The van der Waals surface area contributed by atoms with Crippen molar-refractivity contribution >= 4 is 39.0 Å². The maximum absolute atomic E-state index is 13.1. The highest BCUT2D eigenvalue weighted by Crippen LogP contribution is 2.27. The van der Waals surface area contributed by atoms with Gasteiger partial charge in [-0.2, -0.15) is 0 Å². The average molecular weight is 449 g/mol. The molecule has 0 aliphatic rings. The summed E-state index contributed by atoms with van der Waals surface area (Å²) in [4.78, 5) is 35.4. The fourth-order valence-electron chi connectivity index (χ4n) is 3.12. The number of hydrogen-bond donors (Lipinski definition) is 1. The van der Waals surface area contributed by atoms with Crippen molar-refractivity contribution in [3.05, 3.63) is 63.7 Å². The number of carbonyl (C=O) groups excluding carboxylic acids is 2. The van der Waals surface area contributed by atoms with Gasteiger partial charge in [-0.25, -0.2) is 13.2 Å². The normalized spacial score (nSPS) is 12.0. The predicted molar refractivity (Wildman–Crippen MR) is 116 cm³/mol. The van der Waals surface area contributed by atoms with Crippen molar-refractivity contribution in [3.63, 3.8) is 0 Å². The lowest BCUT2D eigenvalue weighted by molar-refractivity contribution is -0.384. The van der Waals surface area contributed by atoms with E-state index in [0.717, 1.165) is 16.6 Å². The minimum Gasteiger partial charge on any atom is -0.465 e. The third-order valence-corrected chi connectivity index (χ3v) is 5.80. The molecule has 0 saturated carbocycles. The monoisotopic (exact) mass is 449 g/mol. The number of nitro benzene ring substituents is 1. The Morgan fingerprint density at radius 1 is 1.23 bits per heavy atom. The van der Waals surface area contributed by atoms with Gasteiger partial charge in [-0.3, -0.25) is 19.2 Å². The number of benzene rings is 2. The number of nitrogens with zero attached hydrogens (tertiary/aromatic N) is 2. The van der Waals surface area contributed by atoms with E-state index in [-0.39, 0.29) is 23.4 Å². The molecule has 10 nitrogen and oxygen atoms in total. The molecule has 11 heteroatoms. The lowest BCUT2D eigenvalue weighted by Crippen LogP contribution is -2.47. The van der Waals surface area contributed by atoms with Crippen LogP contribution in [0.3, 0.4) is 0 Å². The largest absolute Gasteiger partial charge is 0.465 e. The average Bonchev–Trinajstić information content (AvgIpc) is 2.71. The van der Waals surface area contributed by atoms with E-state index in [1.54, 1.807) is 32.0 Å². The quantitative estimate of drug-likeness (QED) is 0.372. The molecule has 0 unspecified atom stereocenters. The van der Waals surface area contributed by atoms with Gasteiger partial charge in [0.1, 0.15) is 6.04 Å². The van der Waals surface area contributed by atoms with Crippen LogP contribution in [-0.4, -0.2) is 44.6 Å². The molecule has 2 aromatic rings. The number of amides is 1. The van der Waals surface area contributed by atoms with Crippen molar-refractivity contribution in [2.45, 2.75) is 26.3 Å². The molecule has 2 aromatic carbocycles. The van der Waals surface area contributed by atoms with Crippen molar-refractivity contribution in [1.82, 2.24) is 0 Å². The number of rotatable bonds is 8. The van der Waals surface area contributed by atoms with Gasteiger partial charge in [-0.05, 0) is 37.1 Å². The molecule has 0 fully saturated rings. The first-order valence-corrected chi connectivity index (χ1v) is 11.1. The highest BCUT2D eigenvalue weighted by Gasteiger charge is 2.32. The van der Waals surface area contributed by atoms with Crippen LogP contribution in [0.1, 0.15) is 29.3 Å². The highest BCUT2D eigenvalue weighted by atomic mass is 32.2. The molecule has 0 spiro atoms. The molecule has 31 heavy (non-hydrogen) atoms.